The first-order valence-electron chi connectivity index (χ1n) is 13.9. The molecule has 0 saturated carbocycles. The van der Waals surface area contributed by atoms with E-state index in [1.165, 1.54) is 11.8 Å². The molecule has 6 rings (SSSR count). The molecule has 0 spiro atoms. The van der Waals surface area contributed by atoms with Crippen LogP contribution in [0.2, 0.25) is 0 Å². The molecular formula is C33H35N7O. The molecule has 4 heterocycles. The number of fused-ring (bicyclic) bond motifs is 1. The van der Waals surface area contributed by atoms with Crippen molar-refractivity contribution in [2.45, 2.75) is 13.8 Å². The number of anilines is 2. The second-order valence-electron chi connectivity index (χ2n) is 10.8. The predicted molar refractivity (Wildman–Crippen MR) is 167 cm³/mol. The third-order valence-corrected chi connectivity index (χ3v) is 8.19. The van der Waals surface area contributed by atoms with E-state index in [0.717, 1.165) is 87.7 Å². The van der Waals surface area contributed by atoms with Crippen molar-refractivity contribution < 1.29 is 4.79 Å². The molecule has 1 aliphatic rings. The molecule has 1 amide bonds. The second-order valence-corrected chi connectivity index (χ2v) is 10.8. The average Bonchev–Trinajstić information content (AvgIpc) is 3.53. The first-order valence-corrected chi connectivity index (χ1v) is 13.9. The molecular weight excluding hydrogens is 510 g/mol. The molecule has 2 N–H and O–H groups in total. The van der Waals surface area contributed by atoms with Crippen LogP contribution >= 0.6 is 0 Å². The number of amides is 1. The maximum absolute atomic E-state index is 12.2. The van der Waals surface area contributed by atoms with E-state index in [1.54, 1.807) is 0 Å². The van der Waals surface area contributed by atoms with Gasteiger partial charge in [-0.25, -0.2) is 4.98 Å². The number of aromatic amines is 1. The Morgan fingerprint density at radius 1 is 0.951 bits per heavy atom. The van der Waals surface area contributed by atoms with Crippen LogP contribution < -0.4 is 10.2 Å². The van der Waals surface area contributed by atoms with Crippen LogP contribution in [0, 0.1) is 13.8 Å². The molecule has 0 atom stereocenters. The number of rotatable bonds is 6. The number of aryl methyl sites for hydroxylation is 2. The molecule has 41 heavy (non-hydrogen) atoms. The van der Waals surface area contributed by atoms with Gasteiger partial charge in [0.15, 0.2) is 0 Å². The van der Waals surface area contributed by atoms with Gasteiger partial charge in [-0.05, 0) is 67.9 Å². The monoisotopic (exact) mass is 545 g/mol. The van der Waals surface area contributed by atoms with Crippen molar-refractivity contribution in [1.29, 1.82) is 0 Å². The first-order chi connectivity index (χ1) is 19.8. The summed E-state index contributed by atoms with van der Waals surface area (Å²) in [7, 11) is 4.12. The minimum atomic E-state index is -0.236. The molecule has 0 radical (unpaired) electrons. The van der Waals surface area contributed by atoms with Gasteiger partial charge < -0.3 is 20.1 Å². The zero-order chi connectivity index (χ0) is 28.7. The quantitative estimate of drug-likeness (QED) is 0.264. The van der Waals surface area contributed by atoms with E-state index in [9.17, 15) is 4.79 Å². The SMILES string of the molecule is C=CC(=O)Nc1cc(-c2c(-c3ccc(N4CCN(C)CC4)cc3)[nH]c3ncc(-c4cnn(C)c4C)cc23)ccc1C. The highest BCUT2D eigenvalue weighted by atomic mass is 16.1. The minimum absolute atomic E-state index is 0.236. The molecule has 1 aliphatic heterocycles. The lowest BCUT2D eigenvalue weighted by Gasteiger charge is -2.34. The zero-order valence-electron chi connectivity index (χ0n) is 24.0. The molecule has 0 bridgehead atoms. The summed E-state index contributed by atoms with van der Waals surface area (Å²) in [5.41, 5.74) is 11.0. The van der Waals surface area contributed by atoms with Crippen LogP contribution in [0.15, 0.2) is 73.6 Å². The van der Waals surface area contributed by atoms with Gasteiger partial charge in [-0.1, -0.05) is 30.8 Å². The Bertz CT molecular complexity index is 1750. The maximum atomic E-state index is 12.2. The summed E-state index contributed by atoms with van der Waals surface area (Å²) in [6, 6.07) is 17.1. The van der Waals surface area contributed by atoms with Gasteiger partial charge in [0, 0.05) is 78.6 Å². The molecule has 0 aliphatic carbocycles. The summed E-state index contributed by atoms with van der Waals surface area (Å²) in [5, 5.41) is 8.41. The Kier molecular flexibility index (Phi) is 6.93. The largest absolute Gasteiger partial charge is 0.369 e. The van der Waals surface area contributed by atoms with Crippen molar-refractivity contribution in [3.05, 3.63) is 84.8 Å². The predicted octanol–water partition coefficient (Wildman–Crippen LogP) is 5.79. The standard InChI is InChI=1S/C33H35N7O/c1-6-30(41)36-29-18-24(8-7-21(29)2)31-27-17-25(28-20-35-39(5)22(28)3)19-34-33(27)37-32(31)23-9-11-26(12-10-23)40-15-13-38(4)14-16-40/h6-12,17-20H,1,13-16H2,2-5H3,(H,34,37)(H,36,41). The fourth-order valence-electron chi connectivity index (χ4n) is 5.52. The van der Waals surface area contributed by atoms with Crippen LogP contribution in [0.1, 0.15) is 11.3 Å². The van der Waals surface area contributed by atoms with Gasteiger partial charge in [0.05, 0.1) is 11.9 Å². The molecule has 1 saturated heterocycles. The van der Waals surface area contributed by atoms with E-state index in [-0.39, 0.29) is 5.91 Å². The van der Waals surface area contributed by atoms with Crippen molar-refractivity contribution >= 4 is 28.3 Å². The average molecular weight is 546 g/mol. The van der Waals surface area contributed by atoms with Gasteiger partial charge in [-0.2, -0.15) is 5.10 Å². The molecule has 8 nitrogen and oxygen atoms in total. The lowest BCUT2D eigenvalue weighted by molar-refractivity contribution is -0.111. The summed E-state index contributed by atoms with van der Waals surface area (Å²) in [6.45, 7) is 11.8. The van der Waals surface area contributed by atoms with Crippen molar-refractivity contribution in [1.82, 2.24) is 24.6 Å². The highest BCUT2D eigenvalue weighted by Crippen LogP contribution is 2.41. The maximum Gasteiger partial charge on any atom is 0.247 e. The number of nitrogens with zero attached hydrogens (tertiary/aromatic N) is 5. The highest BCUT2D eigenvalue weighted by molar-refractivity contribution is 6.05. The van der Waals surface area contributed by atoms with Gasteiger partial charge in [0.2, 0.25) is 5.91 Å². The smallest absolute Gasteiger partial charge is 0.247 e. The fourth-order valence-corrected chi connectivity index (χ4v) is 5.52. The number of carbonyl (C=O) groups excluding carboxylic acids is 1. The molecule has 208 valence electrons. The normalized spacial score (nSPS) is 14.0. The summed E-state index contributed by atoms with van der Waals surface area (Å²) >= 11 is 0. The molecule has 8 heteroatoms. The van der Waals surface area contributed by atoms with Crippen molar-refractivity contribution in [2.75, 3.05) is 43.4 Å². The Morgan fingerprint density at radius 3 is 2.37 bits per heavy atom. The van der Waals surface area contributed by atoms with Crippen LogP contribution in [-0.4, -0.2) is 63.8 Å². The van der Waals surface area contributed by atoms with Crippen LogP contribution in [0.4, 0.5) is 11.4 Å². The van der Waals surface area contributed by atoms with Gasteiger partial charge in [-0.15, -0.1) is 0 Å². The van der Waals surface area contributed by atoms with E-state index in [2.05, 4.69) is 82.1 Å². The topological polar surface area (TPSA) is 82.1 Å². The summed E-state index contributed by atoms with van der Waals surface area (Å²) in [5.74, 6) is -0.236. The number of aromatic nitrogens is 4. The van der Waals surface area contributed by atoms with Crippen LogP contribution in [0.3, 0.4) is 0 Å². The van der Waals surface area contributed by atoms with Crippen molar-refractivity contribution in [3.63, 3.8) is 0 Å². The van der Waals surface area contributed by atoms with Gasteiger partial charge in [0.25, 0.3) is 0 Å². The number of nitrogens with one attached hydrogen (secondary N) is 2. The Morgan fingerprint density at radius 2 is 1.68 bits per heavy atom. The van der Waals surface area contributed by atoms with Gasteiger partial charge in [0.1, 0.15) is 5.65 Å². The third kappa shape index (κ3) is 5.02. The second kappa shape index (κ2) is 10.7. The molecule has 1 fully saturated rings. The van der Waals surface area contributed by atoms with E-state index in [1.807, 2.05) is 43.2 Å². The minimum Gasteiger partial charge on any atom is -0.369 e. The lowest BCUT2D eigenvalue weighted by atomic mass is 9.96. The van der Waals surface area contributed by atoms with Crippen LogP contribution in [0.25, 0.3) is 44.5 Å². The number of carbonyl (C=O) groups is 1. The van der Waals surface area contributed by atoms with E-state index in [4.69, 9.17) is 4.98 Å². The molecule has 2 aromatic carbocycles. The zero-order valence-corrected chi connectivity index (χ0v) is 24.0. The van der Waals surface area contributed by atoms with E-state index < -0.39 is 0 Å². The number of hydrogen-bond acceptors (Lipinski definition) is 5. The first kappa shape index (κ1) is 26.5. The molecule has 0 unspecified atom stereocenters. The number of hydrogen-bond donors (Lipinski definition) is 2. The Labute approximate surface area is 240 Å². The number of pyridine rings is 1. The molecule has 3 aromatic heterocycles. The van der Waals surface area contributed by atoms with Crippen molar-refractivity contribution in [3.8, 4) is 33.5 Å². The lowest BCUT2D eigenvalue weighted by Crippen LogP contribution is -2.44. The number of piperazine rings is 1. The summed E-state index contributed by atoms with van der Waals surface area (Å²) in [4.78, 5) is 25.5. The van der Waals surface area contributed by atoms with Gasteiger partial charge in [-0.3, -0.25) is 9.48 Å². The van der Waals surface area contributed by atoms with Gasteiger partial charge >= 0.3 is 0 Å². The van der Waals surface area contributed by atoms with E-state index >= 15 is 0 Å². The third-order valence-electron chi connectivity index (χ3n) is 8.19. The summed E-state index contributed by atoms with van der Waals surface area (Å²) in [6.07, 6.45) is 5.08. The van der Waals surface area contributed by atoms with Crippen LogP contribution in [-0.2, 0) is 11.8 Å². The Hall–Kier alpha value is -4.69. The molecule has 5 aromatic rings. The summed E-state index contributed by atoms with van der Waals surface area (Å²) < 4.78 is 1.87. The van der Waals surface area contributed by atoms with Crippen LogP contribution in [0.5, 0.6) is 0 Å². The number of H-pyrrole nitrogens is 1. The Balaban J connectivity index is 1.50. The number of likely N-dealkylation sites (N-methyl/N-ethyl adjacent to an activating group) is 1. The fraction of sp³-hybridized carbons (Fsp3) is 0.242. The van der Waals surface area contributed by atoms with E-state index in [0.29, 0.717) is 0 Å². The number of benzene rings is 2. The highest BCUT2D eigenvalue weighted by Gasteiger charge is 2.20. The van der Waals surface area contributed by atoms with Crippen molar-refractivity contribution in [2.24, 2.45) is 7.05 Å².